The van der Waals surface area contributed by atoms with Gasteiger partial charge in [-0.3, -0.25) is 19.3 Å². The average Bonchev–Trinajstić information content (AvgIpc) is 2.91. The maximum Gasteiger partial charge on any atom is 0.262 e. The van der Waals surface area contributed by atoms with Gasteiger partial charge in [-0.1, -0.05) is 47.7 Å². The van der Waals surface area contributed by atoms with E-state index in [9.17, 15) is 14.4 Å². The van der Waals surface area contributed by atoms with Crippen molar-refractivity contribution >= 4 is 29.3 Å². The second-order valence-corrected chi connectivity index (χ2v) is 6.00. The molecule has 0 saturated carbocycles. The van der Waals surface area contributed by atoms with Gasteiger partial charge in [0.1, 0.15) is 18.9 Å². The molecule has 0 atom stereocenters. The van der Waals surface area contributed by atoms with Gasteiger partial charge in [0.05, 0.1) is 22.7 Å². The molecule has 27 heavy (non-hydrogen) atoms. The lowest BCUT2D eigenvalue weighted by atomic mass is 10.1. The van der Waals surface area contributed by atoms with Crippen LogP contribution >= 0.6 is 11.6 Å². The second kappa shape index (κ2) is 8.39. The quantitative estimate of drug-likeness (QED) is 0.635. The Morgan fingerprint density at radius 2 is 1.63 bits per heavy atom. The largest absolute Gasteiger partial charge is 0.479 e. The summed E-state index contributed by atoms with van der Waals surface area (Å²) in [5, 5.41) is 3.04. The molecule has 0 fully saturated rings. The van der Waals surface area contributed by atoms with Gasteiger partial charge in [-0.15, -0.1) is 0 Å². The van der Waals surface area contributed by atoms with Crippen molar-refractivity contribution in [1.29, 1.82) is 0 Å². The Morgan fingerprint density at radius 1 is 1.00 bits per heavy atom. The molecule has 7 heteroatoms. The fraction of sp³-hybridized carbons (Fsp3) is 0.150. The van der Waals surface area contributed by atoms with E-state index >= 15 is 0 Å². The predicted octanol–water partition coefficient (Wildman–Crippen LogP) is 2.13. The molecule has 1 aliphatic heterocycles. The Balaban J connectivity index is 1.44. The number of halogens is 1. The second-order valence-electron chi connectivity index (χ2n) is 5.59. The van der Waals surface area contributed by atoms with Crippen LogP contribution in [0.1, 0.15) is 20.7 Å². The summed E-state index contributed by atoms with van der Waals surface area (Å²) in [7, 11) is 0. The highest BCUT2D eigenvalue weighted by molar-refractivity contribution is 6.32. The van der Waals surface area contributed by atoms with Crippen LogP contribution in [0.2, 0.25) is 5.02 Å². The molecule has 6 nitrogen and oxygen atoms in total. The Bertz CT molecular complexity index is 927. The van der Waals surface area contributed by atoms with Crippen LogP contribution in [0.3, 0.4) is 0 Å². The lowest BCUT2D eigenvalue weighted by Crippen LogP contribution is -2.40. The van der Waals surface area contributed by atoms with Crippen molar-refractivity contribution < 1.29 is 19.1 Å². The van der Waals surface area contributed by atoms with Gasteiger partial charge in [0.15, 0.2) is 0 Å². The molecule has 1 aliphatic rings. The van der Waals surface area contributed by atoms with E-state index in [1.165, 1.54) is 0 Å². The molecule has 3 amide bonds. The number of amides is 3. The zero-order chi connectivity index (χ0) is 19.2. The minimum Gasteiger partial charge on any atom is -0.479 e. The molecule has 2 aromatic carbocycles. The summed E-state index contributed by atoms with van der Waals surface area (Å²) in [5.74, 6) is 4.61. The molecule has 1 heterocycles. The van der Waals surface area contributed by atoms with Crippen LogP contribution in [0.4, 0.5) is 0 Å². The third-order valence-electron chi connectivity index (χ3n) is 3.82. The molecule has 0 aliphatic carbocycles. The van der Waals surface area contributed by atoms with E-state index in [0.717, 1.165) is 4.90 Å². The number of para-hydroxylation sites is 1. The van der Waals surface area contributed by atoms with Crippen molar-refractivity contribution in [3.05, 3.63) is 64.7 Å². The monoisotopic (exact) mass is 382 g/mol. The predicted molar refractivity (Wildman–Crippen MR) is 99.5 cm³/mol. The number of carbonyl (C=O) groups excluding carboxylic acids is 3. The van der Waals surface area contributed by atoms with Crippen molar-refractivity contribution in [3.8, 4) is 17.6 Å². The fourth-order valence-corrected chi connectivity index (χ4v) is 2.70. The van der Waals surface area contributed by atoms with Gasteiger partial charge >= 0.3 is 0 Å². The Morgan fingerprint density at radius 3 is 2.30 bits per heavy atom. The van der Waals surface area contributed by atoms with E-state index in [0.29, 0.717) is 21.9 Å². The molecular weight excluding hydrogens is 368 g/mol. The molecule has 0 bridgehead atoms. The number of hydrogen-bond donors (Lipinski definition) is 1. The first-order valence-corrected chi connectivity index (χ1v) is 8.50. The minimum atomic E-state index is -0.468. The number of carbonyl (C=O) groups is 3. The SMILES string of the molecule is O=C(CN1C(=O)c2ccccc2C1=O)NCC#CCOc1ccccc1Cl. The van der Waals surface area contributed by atoms with Gasteiger partial charge in [-0.25, -0.2) is 0 Å². The van der Waals surface area contributed by atoms with Crippen molar-refractivity contribution in [2.75, 3.05) is 19.7 Å². The van der Waals surface area contributed by atoms with Crippen molar-refractivity contribution in [1.82, 2.24) is 10.2 Å². The summed E-state index contributed by atoms with van der Waals surface area (Å²) in [6, 6.07) is 13.5. The summed E-state index contributed by atoms with van der Waals surface area (Å²) in [6.07, 6.45) is 0. The van der Waals surface area contributed by atoms with Gasteiger partial charge in [-0.2, -0.15) is 0 Å². The number of nitrogens with zero attached hydrogens (tertiary/aromatic N) is 1. The van der Waals surface area contributed by atoms with Gasteiger partial charge in [0.25, 0.3) is 11.8 Å². The zero-order valence-corrected chi connectivity index (χ0v) is 15.0. The van der Waals surface area contributed by atoms with Gasteiger partial charge < -0.3 is 10.1 Å². The van der Waals surface area contributed by atoms with E-state index in [4.69, 9.17) is 16.3 Å². The molecule has 0 radical (unpaired) electrons. The van der Waals surface area contributed by atoms with Gasteiger partial charge in [0.2, 0.25) is 5.91 Å². The van der Waals surface area contributed by atoms with E-state index in [1.807, 2.05) is 0 Å². The topological polar surface area (TPSA) is 75.7 Å². The minimum absolute atomic E-state index is 0.0773. The zero-order valence-electron chi connectivity index (χ0n) is 14.2. The number of hydrogen-bond acceptors (Lipinski definition) is 4. The summed E-state index contributed by atoms with van der Waals surface area (Å²) in [5.41, 5.74) is 0.624. The lowest BCUT2D eigenvalue weighted by molar-refractivity contribution is -0.121. The van der Waals surface area contributed by atoms with Gasteiger partial charge in [0, 0.05) is 0 Å². The van der Waals surface area contributed by atoms with E-state index in [1.54, 1.807) is 48.5 Å². The highest BCUT2D eigenvalue weighted by atomic mass is 35.5. The summed E-state index contributed by atoms with van der Waals surface area (Å²) < 4.78 is 5.40. The van der Waals surface area contributed by atoms with Crippen molar-refractivity contribution in [2.45, 2.75) is 0 Å². The van der Waals surface area contributed by atoms with Crippen LogP contribution in [0.5, 0.6) is 5.75 Å². The van der Waals surface area contributed by atoms with Crippen LogP contribution in [-0.4, -0.2) is 42.3 Å². The number of ether oxygens (including phenoxy) is 1. The van der Waals surface area contributed by atoms with Crippen molar-refractivity contribution in [3.63, 3.8) is 0 Å². The van der Waals surface area contributed by atoms with Crippen LogP contribution in [0, 0.1) is 11.8 Å². The fourth-order valence-electron chi connectivity index (χ4n) is 2.51. The third-order valence-corrected chi connectivity index (χ3v) is 4.13. The van der Waals surface area contributed by atoms with Gasteiger partial charge in [-0.05, 0) is 24.3 Å². The molecule has 0 unspecified atom stereocenters. The molecule has 136 valence electrons. The normalized spacial score (nSPS) is 12.3. The number of benzene rings is 2. The van der Waals surface area contributed by atoms with Crippen LogP contribution in [0.15, 0.2) is 48.5 Å². The number of imide groups is 1. The van der Waals surface area contributed by atoms with E-state index < -0.39 is 17.7 Å². The van der Waals surface area contributed by atoms with Crippen LogP contribution in [0.25, 0.3) is 0 Å². The van der Waals surface area contributed by atoms with Crippen molar-refractivity contribution in [2.24, 2.45) is 0 Å². The lowest BCUT2D eigenvalue weighted by Gasteiger charge is -2.12. The molecular formula is C20H15ClN2O4. The highest BCUT2D eigenvalue weighted by Crippen LogP contribution is 2.23. The number of nitrogens with one attached hydrogen (secondary N) is 1. The third kappa shape index (κ3) is 4.27. The number of fused-ring (bicyclic) bond motifs is 1. The first-order chi connectivity index (χ1) is 13.1. The number of rotatable bonds is 5. The summed E-state index contributed by atoms with van der Waals surface area (Å²) in [6.45, 7) is -0.143. The molecule has 2 aromatic rings. The van der Waals surface area contributed by atoms with E-state index in [2.05, 4.69) is 17.2 Å². The summed E-state index contributed by atoms with van der Waals surface area (Å²) in [4.78, 5) is 37.3. The molecule has 0 aromatic heterocycles. The maximum atomic E-state index is 12.2. The smallest absolute Gasteiger partial charge is 0.262 e. The Hall–Kier alpha value is -3.30. The molecule has 0 spiro atoms. The molecule has 1 N–H and O–H groups in total. The molecule has 3 rings (SSSR count). The van der Waals surface area contributed by atoms with Crippen LogP contribution in [-0.2, 0) is 4.79 Å². The average molecular weight is 383 g/mol. The molecule has 0 saturated heterocycles. The van der Waals surface area contributed by atoms with Crippen LogP contribution < -0.4 is 10.1 Å². The Kier molecular flexibility index (Phi) is 5.74. The standard InChI is InChI=1S/C20H15ClN2O4/c21-16-9-3-4-10-17(16)27-12-6-5-11-22-18(24)13-23-19(25)14-7-1-2-8-15(14)20(23)26/h1-4,7-10H,11-13H2,(H,22,24). The maximum absolute atomic E-state index is 12.2. The summed E-state index contributed by atoms with van der Waals surface area (Å²) >= 11 is 5.95. The Labute approximate surface area is 161 Å². The van der Waals surface area contributed by atoms with E-state index in [-0.39, 0.29) is 19.7 Å². The first kappa shape index (κ1) is 18.5. The first-order valence-electron chi connectivity index (χ1n) is 8.13. The highest BCUT2D eigenvalue weighted by Gasteiger charge is 2.36.